The van der Waals surface area contributed by atoms with Crippen molar-refractivity contribution in [2.75, 3.05) is 6.61 Å². The normalized spacial score (nSPS) is 24.4. The topological polar surface area (TPSA) is 9.23 Å². The summed E-state index contributed by atoms with van der Waals surface area (Å²) in [6.45, 7) is 7.11. The zero-order valence-electron chi connectivity index (χ0n) is 9.42. The third-order valence-corrected chi connectivity index (χ3v) is 2.28. The quantitative estimate of drug-likeness (QED) is 0.566. The van der Waals surface area contributed by atoms with Gasteiger partial charge in [0.15, 0.2) is 0 Å². The third-order valence-electron chi connectivity index (χ3n) is 2.28. The highest BCUT2D eigenvalue weighted by atomic mass is 16.5. The van der Waals surface area contributed by atoms with E-state index in [9.17, 15) is 0 Å². The lowest BCUT2D eigenvalue weighted by molar-refractivity contribution is 0.151. The number of fused-ring (bicyclic) bond motifs is 1. The molecule has 1 nitrogen and oxygen atoms in total. The predicted molar refractivity (Wildman–Crippen MR) is 61.0 cm³/mol. The van der Waals surface area contributed by atoms with Crippen LogP contribution in [-0.2, 0) is 4.74 Å². The molecule has 0 aromatic rings. The Balaban J connectivity index is 0.000000461. The number of allylic oxidation sites excluding steroid dienone is 5. The highest BCUT2D eigenvalue weighted by Crippen LogP contribution is 2.28. The van der Waals surface area contributed by atoms with Crippen molar-refractivity contribution < 1.29 is 4.74 Å². The minimum Gasteiger partial charge on any atom is -0.493 e. The molecule has 78 valence electrons. The van der Waals surface area contributed by atoms with Crippen molar-refractivity contribution in [2.24, 2.45) is 5.92 Å². The molecule has 1 aliphatic heterocycles. The zero-order valence-corrected chi connectivity index (χ0v) is 9.42. The van der Waals surface area contributed by atoms with Crippen molar-refractivity contribution >= 4 is 0 Å². The Morgan fingerprint density at radius 3 is 2.93 bits per heavy atom. The Bertz CT molecular complexity index is 258. The molecule has 0 spiro atoms. The average Bonchev–Trinajstić information content (AvgIpc) is 2.45. The molecule has 0 bridgehead atoms. The third kappa shape index (κ3) is 2.76. The van der Waals surface area contributed by atoms with Crippen LogP contribution in [0.1, 0.15) is 33.6 Å². The molecule has 0 radical (unpaired) electrons. The molecule has 0 saturated carbocycles. The van der Waals surface area contributed by atoms with Crippen LogP contribution in [0.15, 0.2) is 35.6 Å². The summed E-state index contributed by atoms with van der Waals surface area (Å²) in [5.74, 6) is 1.78. The summed E-state index contributed by atoms with van der Waals surface area (Å²) < 4.78 is 5.63. The fourth-order valence-corrected chi connectivity index (χ4v) is 1.64. The van der Waals surface area contributed by atoms with Crippen LogP contribution in [-0.4, -0.2) is 6.61 Å². The lowest BCUT2D eigenvalue weighted by atomic mass is 9.97. The summed E-state index contributed by atoms with van der Waals surface area (Å²) in [5, 5.41) is 0. The zero-order chi connectivity index (χ0) is 10.4. The standard InChI is InChI=1S/C11H14O.C2H6/c1-9-7-10-5-3-2-4-6-11(10)12-8-9;1-2/h2-3,5-6,9H,4,7-8H2,1H3;1-2H3. The van der Waals surface area contributed by atoms with Crippen LogP contribution in [0.3, 0.4) is 0 Å². The Labute approximate surface area is 87.2 Å². The Hall–Kier alpha value is -0.980. The molecule has 1 unspecified atom stereocenters. The van der Waals surface area contributed by atoms with Gasteiger partial charge in [-0.2, -0.15) is 0 Å². The van der Waals surface area contributed by atoms with Gasteiger partial charge in [-0.25, -0.2) is 0 Å². The van der Waals surface area contributed by atoms with Gasteiger partial charge in [0.05, 0.1) is 6.61 Å². The number of hydrogen-bond donors (Lipinski definition) is 0. The van der Waals surface area contributed by atoms with E-state index in [0.29, 0.717) is 5.92 Å². The Morgan fingerprint density at radius 2 is 2.14 bits per heavy atom. The van der Waals surface area contributed by atoms with Gasteiger partial charge in [-0.15, -0.1) is 0 Å². The van der Waals surface area contributed by atoms with Gasteiger partial charge >= 0.3 is 0 Å². The summed E-state index contributed by atoms with van der Waals surface area (Å²) in [6, 6.07) is 0. The lowest BCUT2D eigenvalue weighted by Gasteiger charge is -2.24. The summed E-state index contributed by atoms with van der Waals surface area (Å²) in [6.07, 6.45) is 10.8. The maximum absolute atomic E-state index is 5.63. The first-order valence-corrected chi connectivity index (χ1v) is 5.55. The van der Waals surface area contributed by atoms with Gasteiger partial charge in [-0.05, 0) is 30.4 Å². The maximum Gasteiger partial charge on any atom is 0.118 e. The smallest absolute Gasteiger partial charge is 0.118 e. The lowest BCUT2D eigenvalue weighted by Crippen LogP contribution is -2.15. The van der Waals surface area contributed by atoms with Crippen LogP contribution >= 0.6 is 0 Å². The van der Waals surface area contributed by atoms with E-state index in [0.717, 1.165) is 25.2 Å². The minimum absolute atomic E-state index is 0.667. The van der Waals surface area contributed by atoms with Crippen molar-refractivity contribution in [3.63, 3.8) is 0 Å². The van der Waals surface area contributed by atoms with Gasteiger partial charge in [0, 0.05) is 0 Å². The van der Waals surface area contributed by atoms with E-state index < -0.39 is 0 Å². The molecule has 0 aromatic carbocycles. The minimum atomic E-state index is 0.667. The molecule has 1 heterocycles. The Morgan fingerprint density at radius 1 is 1.36 bits per heavy atom. The molecule has 0 N–H and O–H groups in total. The van der Waals surface area contributed by atoms with Gasteiger partial charge in [0.2, 0.25) is 0 Å². The maximum atomic E-state index is 5.63. The first-order chi connectivity index (χ1) is 6.86. The predicted octanol–water partition coefficient (Wildman–Crippen LogP) is 3.84. The molecule has 14 heavy (non-hydrogen) atoms. The molecule has 2 aliphatic rings. The van der Waals surface area contributed by atoms with Crippen molar-refractivity contribution in [1.82, 2.24) is 0 Å². The largest absolute Gasteiger partial charge is 0.493 e. The van der Waals surface area contributed by atoms with Gasteiger partial charge in [-0.1, -0.05) is 39.0 Å². The fourth-order valence-electron chi connectivity index (χ4n) is 1.64. The van der Waals surface area contributed by atoms with Crippen LogP contribution in [0.4, 0.5) is 0 Å². The molecule has 0 amide bonds. The second kappa shape index (κ2) is 5.69. The van der Waals surface area contributed by atoms with Crippen LogP contribution in [0.25, 0.3) is 0 Å². The van der Waals surface area contributed by atoms with Gasteiger partial charge in [0.25, 0.3) is 0 Å². The van der Waals surface area contributed by atoms with Crippen LogP contribution in [0, 0.1) is 5.92 Å². The Kier molecular flexibility index (Phi) is 4.51. The summed E-state index contributed by atoms with van der Waals surface area (Å²) in [5.41, 5.74) is 1.36. The molecular formula is C13H20O. The van der Waals surface area contributed by atoms with Crippen molar-refractivity contribution in [3.8, 4) is 0 Å². The molecule has 1 saturated heterocycles. The van der Waals surface area contributed by atoms with E-state index >= 15 is 0 Å². The molecule has 1 heteroatoms. The van der Waals surface area contributed by atoms with E-state index in [1.54, 1.807) is 0 Å². The second-order valence-electron chi connectivity index (χ2n) is 3.54. The highest BCUT2D eigenvalue weighted by Gasteiger charge is 2.18. The second-order valence-corrected chi connectivity index (χ2v) is 3.54. The molecular weight excluding hydrogens is 172 g/mol. The highest BCUT2D eigenvalue weighted by molar-refractivity contribution is 5.34. The first-order valence-electron chi connectivity index (χ1n) is 5.55. The van der Waals surface area contributed by atoms with Crippen LogP contribution in [0.2, 0.25) is 0 Å². The van der Waals surface area contributed by atoms with Gasteiger partial charge in [0.1, 0.15) is 5.76 Å². The fraction of sp³-hybridized carbons (Fsp3) is 0.538. The van der Waals surface area contributed by atoms with E-state index in [-0.39, 0.29) is 0 Å². The van der Waals surface area contributed by atoms with Crippen LogP contribution in [0.5, 0.6) is 0 Å². The number of rotatable bonds is 0. The summed E-state index contributed by atoms with van der Waals surface area (Å²) in [7, 11) is 0. The summed E-state index contributed by atoms with van der Waals surface area (Å²) in [4.78, 5) is 0. The van der Waals surface area contributed by atoms with Gasteiger partial charge in [-0.3, -0.25) is 0 Å². The van der Waals surface area contributed by atoms with Crippen molar-refractivity contribution in [2.45, 2.75) is 33.6 Å². The van der Waals surface area contributed by atoms with E-state index in [2.05, 4.69) is 31.2 Å². The average molecular weight is 192 g/mol. The number of hydrogen-bond acceptors (Lipinski definition) is 1. The summed E-state index contributed by atoms with van der Waals surface area (Å²) >= 11 is 0. The molecule has 1 atom stereocenters. The van der Waals surface area contributed by atoms with E-state index in [1.807, 2.05) is 13.8 Å². The first kappa shape index (κ1) is 11.1. The molecule has 1 fully saturated rings. The number of ether oxygens (including phenoxy) is 1. The van der Waals surface area contributed by atoms with E-state index in [1.165, 1.54) is 5.57 Å². The van der Waals surface area contributed by atoms with E-state index in [4.69, 9.17) is 4.74 Å². The molecule has 0 aromatic heterocycles. The van der Waals surface area contributed by atoms with Crippen molar-refractivity contribution in [3.05, 3.63) is 35.6 Å². The monoisotopic (exact) mass is 192 g/mol. The SMILES string of the molecule is CC.CC1COC2=CCC=CC=C2C1. The molecule has 2 rings (SSSR count). The molecule has 1 aliphatic carbocycles. The van der Waals surface area contributed by atoms with Crippen LogP contribution < -0.4 is 0 Å². The van der Waals surface area contributed by atoms with Gasteiger partial charge < -0.3 is 4.74 Å². The van der Waals surface area contributed by atoms with Crippen molar-refractivity contribution in [1.29, 1.82) is 0 Å².